The molecular weight excluding hydrogens is 400 g/mol. The highest BCUT2D eigenvalue weighted by atomic mass is 32.1. The van der Waals surface area contributed by atoms with Crippen molar-refractivity contribution in [1.82, 2.24) is 9.80 Å². The predicted molar refractivity (Wildman–Crippen MR) is 115 cm³/mol. The maximum Gasteiger partial charge on any atom is 0.251 e. The van der Waals surface area contributed by atoms with Gasteiger partial charge in [-0.3, -0.25) is 14.5 Å². The van der Waals surface area contributed by atoms with Crippen molar-refractivity contribution < 1.29 is 14.3 Å². The first-order valence-electron chi connectivity index (χ1n) is 11.0. The molecule has 3 heterocycles. The summed E-state index contributed by atoms with van der Waals surface area (Å²) < 4.78 is 5.51. The Bertz CT molecular complexity index is 832. The Hall–Kier alpha value is -1.95. The number of fused-ring (bicyclic) bond motifs is 1. The lowest BCUT2D eigenvalue weighted by Crippen LogP contribution is -2.51. The van der Waals surface area contributed by atoms with Crippen LogP contribution in [-0.4, -0.2) is 67.0 Å². The van der Waals surface area contributed by atoms with Crippen LogP contribution in [0.2, 0.25) is 0 Å². The molecule has 2 atom stereocenters. The van der Waals surface area contributed by atoms with Gasteiger partial charge in [-0.2, -0.15) is 5.26 Å². The number of nitrogens with zero attached hydrogens (tertiary/aromatic N) is 3. The summed E-state index contributed by atoms with van der Waals surface area (Å²) in [4.78, 5) is 30.3. The van der Waals surface area contributed by atoms with Gasteiger partial charge in [0.05, 0.1) is 5.56 Å². The van der Waals surface area contributed by atoms with Crippen LogP contribution in [0.3, 0.4) is 0 Å². The van der Waals surface area contributed by atoms with Crippen LogP contribution in [0.1, 0.15) is 48.6 Å². The molecule has 2 amide bonds. The zero-order valence-electron chi connectivity index (χ0n) is 17.6. The predicted octanol–water partition coefficient (Wildman–Crippen LogP) is 2.40. The fourth-order valence-corrected chi connectivity index (χ4v) is 5.95. The highest BCUT2D eigenvalue weighted by Gasteiger charge is 2.30. The largest absolute Gasteiger partial charge is 0.368 e. The van der Waals surface area contributed by atoms with Gasteiger partial charge in [0, 0.05) is 50.6 Å². The molecule has 30 heavy (non-hydrogen) atoms. The average Bonchev–Trinajstić information content (AvgIpc) is 3.39. The number of nitriles is 1. The Kier molecular flexibility index (Phi) is 6.71. The summed E-state index contributed by atoms with van der Waals surface area (Å²) in [6, 6.07) is 2.31. The maximum atomic E-state index is 12.5. The van der Waals surface area contributed by atoms with E-state index in [0.717, 1.165) is 50.8 Å². The molecular formula is C22H30N4O3S. The van der Waals surface area contributed by atoms with E-state index < -0.39 is 0 Å². The number of hydrogen-bond donors (Lipinski definition) is 1. The standard InChI is InChI=1S/C22H30N4O3S/c1-15-4-5-16-17(14-23)21(30-19(16)13-15)24-20(27)6-7-25-8-10-26(11-9-25)22(28)18-3-2-12-29-18/h15,18H,2-13H2,1H3,(H,24,27). The molecule has 1 aliphatic carbocycles. The summed E-state index contributed by atoms with van der Waals surface area (Å²) in [5.41, 5.74) is 1.81. The van der Waals surface area contributed by atoms with Crippen LogP contribution in [0.25, 0.3) is 0 Å². The summed E-state index contributed by atoms with van der Waals surface area (Å²) in [6.45, 7) is 6.52. The molecule has 2 saturated heterocycles. The Balaban J connectivity index is 1.24. The molecule has 7 nitrogen and oxygen atoms in total. The third-order valence-corrected chi connectivity index (χ3v) is 7.59. The van der Waals surface area contributed by atoms with Gasteiger partial charge in [-0.05, 0) is 43.6 Å². The highest BCUT2D eigenvalue weighted by molar-refractivity contribution is 7.16. The van der Waals surface area contributed by atoms with E-state index in [2.05, 4.69) is 23.2 Å². The van der Waals surface area contributed by atoms with E-state index in [1.807, 2.05) is 4.90 Å². The molecule has 1 N–H and O–H groups in total. The molecule has 1 aromatic rings. The Morgan fingerprint density at radius 2 is 2.07 bits per heavy atom. The number of nitrogens with one attached hydrogen (secondary N) is 1. The second-order valence-electron chi connectivity index (χ2n) is 8.63. The van der Waals surface area contributed by atoms with Crippen molar-refractivity contribution in [3.8, 4) is 6.07 Å². The number of carbonyl (C=O) groups is 2. The van der Waals surface area contributed by atoms with Crippen molar-refractivity contribution in [2.45, 2.75) is 51.6 Å². The number of ether oxygens (including phenoxy) is 1. The minimum Gasteiger partial charge on any atom is -0.368 e. The van der Waals surface area contributed by atoms with E-state index >= 15 is 0 Å². The number of amides is 2. The summed E-state index contributed by atoms with van der Waals surface area (Å²) in [7, 11) is 0. The molecule has 3 aliphatic rings. The van der Waals surface area contributed by atoms with Gasteiger partial charge >= 0.3 is 0 Å². The van der Waals surface area contributed by atoms with Gasteiger partial charge in [-0.1, -0.05) is 6.92 Å². The number of piperazine rings is 1. The lowest BCUT2D eigenvalue weighted by atomic mass is 9.89. The summed E-state index contributed by atoms with van der Waals surface area (Å²) in [5, 5.41) is 13.3. The van der Waals surface area contributed by atoms with Crippen LogP contribution < -0.4 is 5.32 Å². The first-order chi connectivity index (χ1) is 14.5. The molecule has 4 rings (SSSR count). The third-order valence-electron chi connectivity index (χ3n) is 6.42. The van der Waals surface area contributed by atoms with E-state index in [-0.39, 0.29) is 17.9 Å². The number of anilines is 1. The molecule has 0 bridgehead atoms. The summed E-state index contributed by atoms with van der Waals surface area (Å²) in [6.07, 6.45) is 4.97. The summed E-state index contributed by atoms with van der Waals surface area (Å²) >= 11 is 1.57. The Morgan fingerprint density at radius 1 is 1.27 bits per heavy atom. The van der Waals surface area contributed by atoms with E-state index in [9.17, 15) is 14.9 Å². The molecule has 1 aromatic heterocycles. The minimum atomic E-state index is -0.253. The SMILES string of the molecule is CC1CCc2c(sc(NC(=O)CCN3CCN(C(=O)C4CCCO4)CC3)c2C#N)C1. The fourth-order valence-electron chi connectivity index (χ4n) is 4.57. The monoisotopic (exact) mass is 430 g/mol. The maximum absolute atomic E-state index is 12.5. The van der Waals surface area contributed by atoms with E-state index in [1.54, 1.807) is 11.3 Å². The van der Waals surface area contributed by atoms with Crippen molar-refractivity contribution in [2.75, 3.05) is 44.6 Å². The molecule has 8 heteroatoms. The second-order valence-corrected chi connectivity index (χ2v) is 9.74. The minimum absolute atomic E-state index is 0.0454. The molecule has 2 unspecified atom stereocenters. The number of thiophene rings is 1. The van der Waals surface area contributed by atoms with Crippen molar-refractivity contribution in [2.24, 2.45) is 5.92 Å². The fraction of sp³-hybridized carbons (Fsp3) is 0.682. The Labute approximate surface area is 182 Å². The van der Waals surface area contributed by atoms with Crippen molar-refractivity contribution >= 4 is 28.2 Å². The first-order valence-corrected chi connectivity index (χ1v) is 11.8. The average molecular weight is 431 g/mol. The Morgan fingerprint density at radius 3 is 2.77 bits per heavy atom. The van der Waals surface area contributed by atoms with Crippen LogP contribution >= 0.6 is 11.3 Å². The van der Waals surface area contributed by atoms with E-state index in [1.165, 1.54) is 4.88 Å². The zero-order chi connectivity index (χ0) is 21.1. The van der Waals surface area contributed by atoms with E-state index in [0.29, 0.717) is 49.1 Å². The molecule has 0 saturated carbocycles. The van der Waals surface area contributed by atoms with Crippen molar-refractivity contribution in [3.05, 3.63) is 16.0 Å². The normalized spacial score (nSPS) is 24.3. The van der Waals surface area contributed by atoms with Crippen LogP contribution in [0.15, 0.2) is 0 Å². The molecule has 0 radical (unpaired) electrons. The lowest BCUT2D eigenvalue weighted by Gasteiger charge is -2.35. The molecule has 162 valence electrons. The zero-order valence-corrected chi connectivity index (χ0v) is 18.4. The van der Waals surface area contributed by atoms with Gasteiger partial charge in [0.2, 0.25) is 5.91 Å². The molecule has 2 aliphatic heterocycles. The van der Waals surface area contributed by atoms with Crippen LogP contribution in [-0.2, 0) is 27.2 Å². The van der Waals surface area contributed by atoms with Gasteiger partial charge in [0.25, 0.3) is 5.91 Å². The van der Waals surface area contributed by atoms with Crippen molar-refractivity contribution in [1.29, 1.82) is 5.26 Å². The van der Waals surface area contributed by atoms with Gasteiger partial charge in [-0.25, -0.2) is 0 Å². The van der Waals surface area contributed by atoms with Crippen LogP contribution in [0, 0.1) is 17.2 Å². The first kappa shape index (κ1) is 21.3. The topological polar surface area (TPSA) is 85.7 Å². The van der Waals surface area contributed by atoms with Crippen LogP contribution in [0.4, 0.5) is 5.00 Å². The lowest BCUT2D eigenvalue weighted by molar-refractivity contribution is -0.142. The highest BCUT2D eigenvalue weighted by Crippen LogP contribution is 2.39. The number of carbonyl (C=O) groups excluding carboxylic acids is 2. The molecule has 0 aromatic carbocycles. The van der Waals surface area contributed by atoms with Crippen molar-refractivity contribution in [3.63, 3.8) is 0 Å². The van der Waals surface area contributed by atoms with E-state index in [4.69, 9.17) is 4.74 Å². The number of hydrogen-bond acceptors (Lipinski definition) is 6. The number of rotatable bonds is 5. The smallest absolute Gasteiger partial charge is 0.251 e. The second kappa shape index (κ2) is 9.46. The van der Waals surface area contributed by atoms with Crippen LogP contribution in [0.5, 0.6) is 0 Å². The quantitative estimate of drug-likeness (QED) is 0.775. The van der Waals surface area contributed by atoms with Gasteiger partial charge < -0.3 is 15.0 Å². The van der Waals surface area contributed by atoms with Gasteiger partial charge in [0.1, 0.15) is 17.2 Å². The van der Waals surface area contributed by atoms with Gasteiger partial charge in [0.15, 0.2) is 0 Å². The summed E-state index contributed by atoms with van der Waals surface area (Å²) in [5.74, 6) is 0.706. The molecule has 0 spiro atoms. The third kappa shape index (κ3) is 4.69. The van der Waals surface area contributed by atoms with Gasteiger partial charge in [-0.15, -0.1) is 11.3 Å². The molecule has 2 fully saturated rings.